The van der Waals surface area contributed by atoms with Crippen LogP contribution in [0, 0.1) is 24.5 Å². The van der Waals surface area contributed by atoms with Crippen LogP contribution < -0.4 is 20.3 Å². The summed E-state index contributed by atoms with van der Waals surface area (Å²) in [6, 6.07) is 3.46. The van der Waals surface area contributed by atoms with E-state index in [9.17, 15) is 13.6 Å². The third-order valence-corrected chi connectivity index (χ3v) is 5.56. The molecule has 2 aromatic rings. The number of aromatic nitrogens is 2. The summed E-state index contributed by atoms with van der Waals surface area (Å²) in [7, 11) is 1.84. The van der Waals surface area contributed by atoms with Crippen molar-refractivity contribution in [1.29, 1.82) is 0 Å². The molecule has 1 amide bonds. The fraction of sp³-hybridized carbons (Fsp3) is 0.450. The predicted octanol–water partition coefficient (Wildman–Crippen LogP) is 3.11. The topological polar surface area (TPSA) is 79.4 Å². The number of nitrogens with zero attached hydrogens (tertiary/aromatic N) is 3. The molecule has 1 aromatic heterocycles. The van der Waals surface area contributed by atoms with E-state index in [0.717, 1.165) is 25.0 Å². The summed E-state index contributed by atoms with van der Waals surface area (Å²) >= 11 is 0. The van der Waals surface area contributed by atoms with Gasteiger partial charge in [-0.2, -0.15) is 4.98 Å². The number of hydrogen-bond donors (Lipinski definition) is 2. The molecule has 154 valence electrons. The van der Waals surface area contributed by atoms with Crippen LogP contribution in [0.15, 0.2) is 18.2 Å². The molecule has 7 nitrogen and oxygen atoms in total. The Morgan fingerprint density at radius 1 is 1.28 bits per heavy atom. The summed E-state index contributed by atoms with van der Waals surface area (Å²) in [5, 5.41) is 6.20. The van der Waals surface area contributed by atoms with Crippen LogP contribution in [0.25, 0.3) is 0 Å². The van der Waals surface area contributed by atoms with Gasteiger partial charge >= 0.3 is 0 Å². The number of halogens is 2. The number of fused-ring (bicyclic) bond motifs is 1. The molecule has 1 aliphatic heterocycles. The smallest absolute Gasteiger partial charge is 0.246 e. The molecule has 0 bridgehead atoms. The van der Waals surface area contributed by atoms with Gasteiger partial charge in [0.25, 0.3) is 0 Å². The largest absolute Gasteiger partial charge is 0.493 e. The highest BCUT2D eigenvalue weighted by atomic mass is 19.2. The number of amides is 1. The Kier molecular flexibility index (Phi) is 4.97. The lowest BCUT2D eigenvalue weighted by Gasteiger charge is -2.36. The Balaban J connectivity index is 1.33. The van der Waals surface area contributed by atoms with Crippen LogP contribution >= 0.6 is 0 Å². The average Bonchev–Trinajstić information content (AvgIpc) is 2.65. The lowest BCUT2D eigenvalue weighted by molar-refractivity contribution is -0.117. The second-order valence-electron chi connectivity index (χ2n) is 7.67. The Hall–Kier alpha value is -2.97. The van der Waals surface area contributed by atoms with Crippen molar-refractivity contribution in [2.24, 2.45) is 5.92 Å². The molecule has 0 spiro atoms. The first-order valence-corrected chi connectivity index (χ1v) is 9.58. The van der Waals surface area contributed by atoms with Crippen molar-refractivity contribution in [3.05, 3.63) is 35.5 Å². The number of carbonyl (C=O) groups excluding carboxylic acids is 1. The summed E-state index contributed by atoms with van der Waals surface area (Å²) in [4.78, 5) is 22.9. The number of likely N-dealkylation sites (N-methyl/N-ethyl adjacent to an activating group) is 1. The molecule has 4 rings (SSSR count). The molecule has 0 saturated heterocycles. The standard InChI is InChI=1S/C20H23F2N5O2/c1-10-17-18(27(3)11(2)19(28)25-17)26-20(23-10)24-13-6-12(7-13)9-29-14-4-5-15(21)16(22)8-14/h4-5,8,11-13H,6-7,9H2,1-3H3,(H,25,28)(H,23,24,26)/t11-,12-,13+/m0/s1. The lowest BCUT2D eigenvalue weighted by Crippen LogP contribution is -2.45. The number of anilines is 3. The fourth-order valence-corrected chi connectivity index (χ4v) is 3.56. The summed E-state index contributed by atoms with van der Waals surface area (Å²) in [6.07, 6.45) is 1.73. The normalized spacial score (nSPS) is 23.1. The number of rotatable bonds is 5. The highest BCUT2D eigenvalue weighted by Crippen LogP contribution is 2.34. The summed E-state index contributed by atoms with van der Waals surface area (Å²) in [5.74, 6) is 0.00656. The Morgan fingerprint density at radius 3 is 2.76 bits per heavy atom. The van der Waals surface area contributed by atoms with Crippen LogP contribution in [-0.2, 0) is 4.79 Å². The molecule has 1 atom stereocenters. The molecule has 2 aliphatic rings. The van der Waals surface area contributed by atoms with E-state index in [2.05, 4.69) is 20.6 Å². The van der Waals surface area contributed by atoms with Crippen LogP contribution in [0.1, 0.15) is 25.5 Å². The molecule has 0 radical (unpaired) electrons. The first-order valence-electron chi connectivity index (χ1n) is 9.58. The van der Waals surface area contributed by atoms with Crippen molar-refractivity contribution >= 4 is 23.4 Å². The third kappa shape index (κ3) is 3.81. The first kappa shape index (κ1) is 19.4. The number of nitrogens with one attached hydrogen (secondary N) is 2. The quantitative estimate of drug-likeness (QED) is 0.799. The first-order chi connectivity index (χ1) is 13.8. The van der Waals surface area contributed by atoms with Crippen molar-refractivity contribution in [3.63, 3.8) is 0 Å². The Labute approximate surface area is 167 Å². The number of benzene rings is 1. The molecule has 1 fully saturated rings. The van der Waals surface area contributed by atoms with Gasteiger partial charge in [-0.05, 0) is 44.7 Å². The summed E-state index contributed by atoms with van der Waals surface area (Å²) in [5.41, 5.74) is 1.36. The van der Waals surface area contributed by atoms with Crippen LogP contribution in [-0.4, -0.2) is 41.6 Å². The molecule has 1 aliphatic carbocycles. The molecular formula is C20H23F2N5O2. The van der Waals surface area contributed by atoms with E-state index in [1.807, 2.05) is 25.8 Å². The summed E-state index contributed by atoms with van der Waals surface area (Å²) < 4.78 is 31.7. The maximum absolute atomic E-state index is 13.2. The van der Waals surface area contributed by atoms with Gasteiger partial charge in [-0.1, -0.05) is 0 Å². The van der Waals surface area contributed by atoms with E-state index < -0.39 is 11.6 Å². The Morgan fingerprint density at radius 2 is 2.03 bits per heavy atom. The second kappa shape index (κ2) is 7.46. The van der Waals surface area contributed by atoms with Crippen LogP contribution in [0.4, 0.5) is 26.2 Å². The van der Waals surface area contributed by atoms with Crippen LogP contribution in [0.5, 0.6) is 5.75 Å². The third-order valence-electron chi connectivity index (χ3n) is 5.56. The molecule has 29 heavy (non-hydrogen) atoms. The lowest BCUT2D eigenvalue weighted by atomic mass is 9.81. The molecule has 2 heterocycles. The van der Waals surface area contributed by atoms with Gasteiger partial charge in [-0.25, -0.2) is 13.8 Å². The van der Waals surface area contributed by atoms with E-state index in [4.69, 9.17) is 4.74 Å². The number of aryl methyl sites for hydroxylation is 1. The Bertz CT molecular complexity index is 949. The van der Waals surface area contributed by atoms with Gasteiger partial charge in [-0.15, -0.1) is 0 Å². The minimum absolute atomic E-state index is 0.0738. The van der Waals surface area contributed by atoms with E-state index in [1.54, 1.807) is 0 Å². The van der Waals surface area contributed by atoms with E-state index >= 15 is 0 Å². The zero-order valence-electron chi connectivity index (χ0n) is 16.5. The summed E-state index contributed by atoms with van der Waals surface area (Å²) in [6.45, 7) is 4.11. The maximum Gasteiger partial charge on any atom is 0.246 e. The highest BCUT2D eigenvalue weighted by Gasteiger charge is 2.33. The van der Waals surface area contributed by atoms with Crippen LogP contribution in [0.2, 0.25) is 0 Å². The molecule has 2 N–H and O–H groups in total. The monoisotopic (exact) mass is 403 g/mol. The number of hydrogen-bond acceptors (Lipinski definition) is 6. The minimum atomic E-state index is -0.911. The van der Waals surface area contributed by atoms with Crippen molar-refractivity contribution < 1.29 is 18.3 Å². The molecular weight excluding hydrogens is 380 g/mol. The van der Waals surface area contributed by atoms with E-state index in [0.29, 0.717) is 41.4 Å². The van der Waals surface area contributed by atoms with Crippen LogP contribution in [0.3, 0.4) is 0 Å². The SMILES string of the molecule is Cc1nc(N[C@H]2C[C@@H](COc3ccc(F)c(F)c3)C2)nc2c1NC(=O)[C@H](C)N2C. The molecule has 9 heteroatoms. The van der Waals surface area contributed by atoms with Crippen molar-refractivity contribution in [1.82, 2.24) is 9.97 Å². The zero-order valence-corrected chi connectivity index (χ0v) is 16.5. The molecule has 0 unspecified atom stereocenters. The fourth-order valence-electron chi connectivity index (χ4n) is 3.56. The van der Waals surface area contributed by atoms with E-state index in [-0.39, 0.29) is 18.0 Å². The van der Waals surface area contributed by atoms with E-state index in [1.165, 1.54) is 6.07 Å². The average molecular weight is 403 g/mol. The van der Waals surface area contributed by atoms with Gasteiger partial charge in [0.05, 0.1) is 12.3 Å². The van der Waals surface area contributed by atoms with Crippen molar-refractivity contribution in [3.8, 4) is 5.75 Å². The van der Waals surface area contributed by atoms with Gasteiger partial charge < -0.3 is 20.3 Å². The van der Waals surface area contributed by atoms with Crippen molar-refractivity contribution in [2.45, 2.75) is 38.8 Å². The number of ether oxygens (including phenoxy) is 1. The van der Waals surface area contributed by atoms with Gasteiger partial charge in [0.2, 0.25) is 11.9 Å². The molecule has 1 saturated carbocycles. The zero-order chi connectivity index (χ0) is 20.7. The van der Waals surface area contributed by atoms with Gasteiger partial charge in [0.15, 0.2) is 17.5 Å². The maximum atomic E-state index is 13.2. The highest BCUT2D eigenvalue weighted by molar-refractivity contribution is 6.03. The molecule has 1 aromatic carbocycles. The predicted molar refractivity (Wildman–Crippen MR) is 105 cm³/mol. The van der Waals surface area contributed by atoms with Gasteiger partial charge in [0.1, 0.15) is 17.5 Å². The number of carbonyl (C=O) groups is 1. The van der Waals surface area contributed by atoms with Gasteiger partial charge in [-0.3, -0.25) is 4.79 Å². The van der Waals surface area contributed by atoms with Crippen molar-refractivity contribution in [2.75, 3.05) is 29.2 Å². The second-order valence-corrected chi connectivity index (χ2v) is 7.67. The minimum Gasteiger partial charge on any atom is -0.493 e. The van der Waals surface area contributed by atoms with Gasteiger partial charge in [0, 0.05) is 19.2 Å².